The molecular weight excluding hydrogens is 260 g/mol. The van der Waals surface area contributed by atoms with Crippen LogP contribution in [0.1, 0.15) is 67.9 Å². The molecule has 0 aromatic heterocycles. The number of hydrogen-bond donors (Lipinski definition) is 0. The lowest BCUT2D eigenvalue weighted by atomic mass is 9.87. The summed E-state index contributed by atoms with van der Waals surface area (Å²) in [6, 6.07) is 10.6. The quantitative estimate of drug-likeness (QED) is 0.619. The van der Waals surface area contributed by atoms with Crippen molar-refractivity contribution in [1.29, 1.82) is 0 Å². The molecule has 0 heterocycles. The Balaban J connectivity index is -0.000000260. The van der Waals surface area contributed by atoms with E-state index in [-0.39, 0.29) is 0 Å². The molecule has 1 aromatic rings. The summed E-state index contributed by atoms with van der Waals surface area (Å²) in [7, 11) is 3.23. The lowest BCUT2D eigenvalue weighted by Crippen LogP contribution is -2.24. The molecule has 0 amide bonds. The molecule has 0 N–H and O–H groups in total. The van der Waals surface area contributed by atoms with E-state index in [0.717, 1.165) is 0 Å². The van der Waals surface area contributed by atoms with E-state index >= 15 is 0 Å². The summed E-state index contributed by atoms with van der Waals surface area (Å²) in [6.45, 7) is 18.4. The van der Waals surface area contributed by atoms with Crippen molar-refractivity contribution in [2.24, 2.45) is 0 Å². The second kappa shape index (κ2) is 14.1. The van der Waals surface area contributed by atoms with Gasteiger partial charge >= 0.3 is 0 Å². The monoisotopic (exact) mass is 298 g/mol. The molecular formula is C19H38O2. The molecule has 0 saturated heterocycles. The first-order valence-corrected chi connectivity index (χ1v) is 7.89. The Morgan fingerprint density at radius 3 is 1.14 bits per heavy atom. The van der Waals surface area contributed by atoms with Gasteiger partial charge in [-0.3, -0.25) is 0 Å². The van der Waals surface area contributed by atoms with Gasteiger partial charge in [0.25, 0.3) is 0 Å². The van der Waals surface area contributed by atoms with Crippen molar-refractivity contribution in [3.8, 4) is 0 Å². The zero-order valence-corrected chi connectivity index (χ0v) is 16.2. The van der Waals surface area contributed by atoms with Crippen LogP contribution >= 0.6 is 0 Å². The van der Waals surface area contributed by atoms with E-state index in [1.54, 1.807) is 14.2 Å². The zero-order chi connectivity index (χ0) is 17.5. The fourth-order valence-corrected chi connectivity index (χ4v) is 1.02. The maximum Gasteiger partial charge on any atom is 0.161 e. The smallest absolute Gasteiger partial charge is 0.161 e. The van der Waals surface area contributed by atoms with Gasteiger partial charge in [-0.1, -0.05) is 78.8 Å². The lowest BCUT2D eigenvalue weighted by molar-refractivity contribution is -0.178. The summed E-state index contributed by atoms with van der Waals surface area (Å²) < 4.78 is 9.73. The zero-order valence-electron chi connectivity index (χ0n) is 16.2. The first-order chi connectivity index (χ1) is 9.73. The third-order valence-electron chi connectivity index (χ3n) is 2.62. The maximum atomic E-state index is 4.86. The average molecular weight is 299 g/mol. The molecule has 0 radical (unpaired) electrons. The SMILES string of the molecule is CC.CC.CC(C)(C)c1ccccc1.COC(C)(C)OC. The second-order valence-electron chi connectivity index (χ2n) is 5.42. The fraction of sp³-hybridized carbons (Fsp3) is 0.684. The number of benzene rings is 1. The highest BCUT2D eigenvalue weighted by Crippen LogP contribution is 2.20. The number of rotatable bonds is 2. The molecule has 1 rings (SSSR count). The van der Waals surface area contributed by atoms with E-state index < -0.39 is 5.79 Å². The third kappa shape index (κ3) is 15.3. The van der Waals surface area contributed by atoms with E-state index in [1.165, 1.54) is 5.56 Å². The van der Waals surface area contributed by atoms with Gasteiger partial charge in [-0.15, -0.1) is 0 Å². The van der Waals surface area contributed by atoms with Crippen LogP contribution in [0.3, 0.4) is 0 Å². The average Bonchev–Trinajstić information content (AvgIpc) is 2.52. The van der Waals surface area contributed by atoms with Crippen molar-refractivity contribution in [2.45, 2.75) is 73.5 Å². The molecule has 0 bridgehead atoms. The lowest BCUT2D eigenvalue weighted by Gasteiger charge is -2.19. The largest absolute Gasteiger partial charge is 0.354 e. The molecule has 2 heteroatoms. The molecule has 126 valence electrons. The van der Waals surface area contributed by atoms with Crippen LogP contribution in [-0.4, -0.2) is 20.0 Å². The van der Waals surface area contributed by atoms with Gasteiger partial charge < -0.3 is 9.47 Å². The van der Waals surface area contributed by atoms with Gasteiger partial charge in [-0.2, -0.15) is 0 Å². The molecule has 2 nitrogen and oxygen atoms in total. The van der Waals surface area contributed by atoms with Gasteiger partial charge in [0.15, 0.2) is 5.79 Å². The predicted octanol–water partition coefficient (Wildman–Crippen LogP) is 6.05. The predicted molar refractivity (Wildman–Crippen MR) is 95.9 cm³/mol. The molecule has 1 aromatic carbocycles. The Morgan fingerprint density at radius 2 is 1.00 bits per heavy atom. The van der Waals surface area contributed by atoms with E-state index in [4.69, 9.17) is 9.47 Å². The van der Waals surface area contributed by atoms with Gasteiger partial charge in [0.05, 0.1) is 0 Å². The van der Waals surface area contributed by atoms with Crippen LogP contribution in [0.15, 0.2) is 30.3 Å². The van der Waals surface area contributed by atoms with Crippen LogP contribution < -0.4 is 0 Å². The van der Waals surface area contributed by atoms with Gasteiger partial charge in [0.2, 0.25) is 0 Å². The van der Waals surface area contributed by atoms with E-state index in [0.29, 0.717) is 5.41 Å². The minimum Gasteiger partial charge on any atom is -0.354 e. The van der Waals surface area contributed by atoms with Crippen molar-refractivity contribution in [3.05, 3.63) is 35.9 Å². The molecule has 0 aliphatic heterocycles. The molecule has 0 spiro atoms. The Kier molecular flexibility index (Phi) is 16.9. The highest BCUT2D eigenvalue weighted by atomic mass is 16.7. The molecule has 0 aliphatic rings. The molecule has 0 atom stereocenters. The first kappa shape index (κ1) is 25.1. The fourth-order valence-electron chi connectivity index (χ4n) is 1.02. The Labute approximate surface area is 133 Å². The van der Waals surface area contributed by atoms with Gasteiger partial charge in [0.1, 0.15) is 0 Å². The maximum absolute atomic E-state index is 4.86. The van der Waals surface area contributed by atoms with Crippen LogP contribution in [-0.2, 0) is 14.9 Å². The van der Waals surface area contributed by atoms with Crippen LogP contribution in [0.25, 0.3) is 0 Å². The van der Waals surface area contributed by atoms with Gasteiger partial charge in [-0.05, 0) is 24.8 Å². The molecule has 0 fully saturated rings. The van der Waals surface area contributed by atoms with Crippen LogP contribution in [0, 0.1) is 0 Å². The van der Waals surface area contributed by atoms with Crippen LogP contribution in [0.4, 0.5) is 0 Å². The Bertz CT molecular complexity index is 291. The van der Waals surface area contributed by atoms with Crippen LogP contribution in [0.2, 0.25) is 0 Å². The first-order valence-electron chi connectivity index (χ1n) is 7.89. The number of hydrogen-bond acceptors (Lipinski definition) is 2. The van der Waals surface area contributed by atoms with Crippen LogP contribution in [0.5, 0.6) is 0 Å². The minimum absolute atomic E-state index is 0.293. The molecule has 21 heavy (non-hydrogen) atoms. The second-order valence-corrected chi connectivity index (χ2v) is 5.42. The van der Waals surface area contributed by atoms with Crippen molar-refractivity contribution >= 4 is 0 Å². The highest BCUT2D eigenvalue weighted by molar-refractivity contribution is 5.21. The van der Waals surface area contributed by atoms with Crippen molar-refractivity contribution in [1.82, 2.24) is 0 Å². The van der Waals surface area contributed by atoms with Crippen molar-refractivity contribution in [2.75, 3.05) is 14.2 Å². The number of ether oxygens (including phenoxy) is 2. The minimum atomic E-state index is -0.417. The molecule has 0 aliphatic carbocycles. The standard InChI is InChI=1S/C10H14.C5H12O2.2C2H6/c1-10(2,3)9-7-5-4-6-8-9;1-5(2,6-3)7-4;2*1-2/h4-8H,1-3H3;1-4H3;2*1-2H3. The summed E-state index contributed by atoms with van der Waals surface area (Å²) in [6.07, 6.45) is 0. The normalized spacial score (nSPS) is 10.0. The molecule has 0 unspecified atom stereocenters. The summed E-state index contributed by atoms with van der Waals surface area (Å²) in [4.78, 5) is 0. The Morgan fingerprint density at radius 1 is 0.667 bits per heavy atom. The summed E-state index contributed by atoms with van der Waals surface area (Å²) >= 11 is 0. The van der Waals surface area contributed by atoms with Crippen molar-refractivity contribution in [3.63, 3.8) is 0 Å². The van der Waals surface area contributed by atoms with E-state index in [1.807, 2.05) is 41.5 Å². The van der Waals surface area contributed by atoms with Crippen molar-refractivity contribution < 1.29 is 9.47 Å². The summed E-state index contributed by atoms with van der Waals surface area (Å²) in [5.74, 6) is -0.417. The van der Waals surface area contributed by atoms with E-state index in [9.17, 15) is 0 Å². The van der Waals surface area contributed by atoms with Gasteiger partial charge in [0, 0.05) is 14.2 Å². The highest BCUT2D eigenvalue weighted by Gasteiger charge is 2.12. The molecule has 0 saturated carbocycles. The van der Waals surface area contributed by atoms with Gasteiger partial charge in [-0.25, -0.2) is 0 Å². The van der Waals surface area contributed by atoms with E-state index in [2.05, 4.69) is 51.1 Å². The topological polar surface area (TPSA) is 18.5 Å². The Hall–Kier alpha value is -0.860. The summed E-state index contributed by atoms with van der Waals surface area (Å²) in [5.41, 5.74) is 1.69. The number of methoxy groups -OCH3 is 2. The third-order valence-corrected chi connectivity index (χ3v) is 2.62. The summed E-state index contributed by atoms with van der Waals surface area (Å²) in [5, 5.41) is 0.